The summed E-state index contributed by atoms with van der Waals surface area (Å²) in [7, 11) is 1.97. The molecule has 0 saturated heterocycles. The number of nitrogens with one attached hydrogen (secondary N) is 1. The highest BCUT2D eigenvalue weighted by atomic mass is 35.5. The number of furan rings is 1. The minimum absolute atomic E-state index is 0.220. The molecule has 0 saturated carbocycles. The fourth-order valence-electron chi connectivity index (χ4n) is 2.40. The van der Waals surface area contributed by atoms with Gasteiger partial charge in [-0.15, -0.1) is 0 Å². The smallest absolute Gasteiger partial charge is 0.105 e. The van der Waals surface area contributed by atoms with Gasteiger partial charge in [0.05, 0.1) is 0 Å². The largest absolute Gasteiger partial charge is 0.466 e. The fourth-order valence-corrected chi connectivity index (χ4v) is 2.71. The summed E-state index contributed by atoms with van der Waals surface area (Å²) < 4.78 is 5.61. The van der Waals surface area contributed by atoms with E-state index in [-0.39, 0.29) is 6.04 Å². The van der Waals surface area contributed by atoms with Gasteiger partial charge in [-0.25, -0.2) is 0 Å². The Balaban J connectivity index is 2.26. The second-order valence-corrected chi connectivity index (χ2v) is 5.42. The van der Waals surface area contributed by atoms with Crippen molar-refractivity contribution < 1.29 is 4.42 Å². The van der Waals surface area contributed by atoms with E-state index in [0.717, 1.165) is 28.5 Å². The van der Waals surface area contributed by atoms with Gasteiger partial charge in [-0.3, -0.25) is 0 Å². The zero-order chi connectivity index (χ0) is 14.0. The first-order chi connectivity index (χ1) is 9.01. The average molecular weight is 278 g/mol. The van der Waals surface area contributed by atoms with Gasteiger partial charge in [-0.1, -0.05) is 23.7 Å². The van der Waals surface area contributed by atoms with E-state index in [2.05, 4.69) is 30.4 Å². The zero-order valence-corrected chi connectivity index (χ0v) is 12.6. The molecule has 2 nitrogen and oxygen atoms in total. The van der Waals surface area contributed by atoms with E-state index in [9.17, 15) is 0 Å². The van der Waals surface area contributed by atoms with Crippen LogP contribution in [0.25, 0.3) is 0 Å². The first-order valence-corrected chi connectivity index (χ1v) is 6.88. The van der Waals surface area contributed by atoms with E-state index in [4.69, 9.17) is 16.0 Å². The van der Waals surface area contributed by atoms with Crippen LogP contribution in [0.2, 0.25) is 5.02 Å². The maximum atomic E-state index is 6.31. The van der Waals surface area contributed by atoms with E-state index in [1.54, 1.807) is 0 Å². The van der Waals surface area contributed by atoms with E-state index in [0.29, 0.717) is 0 Å². The van der Waals surface area contributed by atoms with E-state index < -0.39 is 0 Å². The predicted molar refractivity (Wildman–Crippen MR) is 79.9 cm³/mol. The molecule has 1 unspecified atom stereocenters. The Morgan fingerprint density at radius 2 is 1.95 bits per heavy atom. The van der Waals surface area contributed by atoms with Crippen molar-refractivity contribution in [3.05, 3.63) is 57.5 Å². The molecule has 0 spiro atoms. The van der Waals surface area contributed by atoms with Crippen LogP contribution < -0.4 is 5.32 Å². The molecule has 102 valence electrons. The highest BCUT2D eigenvalue weighted by molar-refractivity contribution is 6.31. The van der Waals surface area contributed by atoms with Crippen molar-refractivity contribution in [3.8, 4) is 0 Å². The third-order valence-corrected chi connectivity index (χ3v) is 3.79. The van der Waals surface area contributed by atoms with Crippen LogP contribution in [-0.4, -0.2) is 7.05 Å². The molecule has 19 heavy (non-hydrogen) atoms. The van der Waals surface area contributed by atoms with Crippen LogP contribution in [0.1, 0.15) is 34.3 Å². The molecule has 1 aromatic heterocycles. The van der Waals surface area contributed by atoms with Gasteiger partial charge in [0.15, 0.2) is 0 Å². The van der Waals surface area contributed by atoms with Gasteiger partial charge in [0, 0.05) is 16.6 Å². The zero-order valence-electron chi connectivity index (χ0n) is 11.9. The van der Waals surface area contributed by atoms with Crippen molar-refractivity contribution >= 4 is 11.6 Å². The molecule has 0 fully saturated rings. The third kappa shape index (κ3) is 3.20. The molecular weight excluding hydrogens is 258 g/mol. The molecule has 1 N–H and O–H groups in total. The van der Waals surface area contributed by atoms with Crippen LogP contribution in [0, 0.1) is 20.8 Å². The molecular formula is C16H20ClNO. The summed E-state index contributed by atoms with van der Waals surface area (Å²) in [6.45, 7) is 6.03. The first kappa shape index (κ1) is 14.2. The van der Waals surface area contributed by atoms with Crippen molar-refractivity contribution in [3.63, 3.8) is 0 Å². The Bertz CT molecular complexity index is 574. The van der Waals surface area contributed by atoms with Crippen LogP contribution in [-0.2, 0) is 6.42 Å². The van der Waals surface area contributed by atoms with E-state index in [1.807, 2.05) is 27.0 Å². The topological polar surface area (TPSA) is 25.2 Å². The molecule has 0 aliphatic heterocycles. The van der Waals surface area contributed by atoms with E-state index in [1.165, 1.54) is 11.1 Å². The Morgan fingerprint density at radius 3 is 2.47 bits per heavy atom. The van der Waals surface area contributed by atoms with Crippen LogP contribution in [0.4, 0.5) is 0 Å². The minimum Gasteiger partial charge on any atom is -0.466 e. The molecule has 0 aliphatic rings. The standard InChI is InChI=1S/C16H20ClNO/c1-10-5-6-13(15(17)7-10)9-16(18-4)14-8-11(2)19-12(14)3/h5-8,16,18H,9H2,1-4H3. The summed E-state index contributed by atoms with van der Waals surface area (Å²) in [5, 5.41) is 4.18. The lowest BCUT2D eigenvalue weighted by Gasteiger charge is -2.16. The highest BCUT2D eigenvalue weighted by Crippen LogP contribution is 2.27. The first-order valence-electron chi connectivity index (χ1n) is 6.50. The predicted octanol–water partition coefficient (Wildman–Crippen LogP) is 4.36. The van der Waals surface area contributed by atoms with Crippen molar-refractivity contribution in [2.24, 2.45) is 0 Å². The summed E-state index contributed by atoms with van der Waals surface area (Å²) in [6, 6.07) is 8.53. The van der Waals surface area contributed by atoms with Gasteiger partial charge in [0.2, 0.25) is 0 Å². The normalized spacial score (nSPS) is 12.7. The molecule has 1 atom stereocenters. The van der Waals surface area contributed by atoms with Crippen molar-refractivity contribution in [1.82, 2.24) is 5.32 Å². The fraction of sp³-hybridized carbons (Fsp3) is 0.375. The Hall–Kier alpha value is -1.25. The van der Waals surface area contributed by atoms with Crippen molar-refractivity contribution in [2.75, 3.05) is 7.05 Å². The SMILES string of the molecule is CNC(Cc1ccc(C)cc1Cl)c1cc(C)oc1C. The van der Waals surface area contributed by atoms with Gasteiger partial charge in [-0.05, 0) is 57.5 Å². The highest BCUT2D eigenvalue weighted by Gasteiger charge is 2.17. The number of benzene rings is 1. The van der Waals surface area contributed by atoms with Gasteiger partial charge in [0.25, 0.3) is 0 Å². The van der Waals surface area contributed by atoms with Crippen LogP contribution in [0.3, 0.4) is 0 Å². The molecule has 0 radical (unpaired) electrons. The molecule has 3 heteroatoms. The number of hydrogen-bond donors (Lipinski definition) is 1. The van der Waals surface area contributed by atoms with Gasteiger partial charge in [-0.2, -0.15) is 0 Å². The Labute approximate surface area is 119 Å². The second-order valence-electron chi connectivity index (χ2n) is 5.01. The monoisotopic (exact) mass is 277 g/mol. The molecule has 1 aromatic carbocycles. The number of likely N-dealkylation sites (N-methyl/N-ethyl adjacent to an activating group) is 1. The van der Waals surface area contributed by atoms with Crippen molar-refractivity contribution in [2.45, 2.75) is 33.2 Å². The van der Waals surface area contributed by atoms with Crippen LogP contribution in [0.5, 0.6) is 0 Å². The van der Waals surface area contributed by atoms with Gasteiger partial charge in [0.1, 0.15) is 11.5 Å². The summed E-state index contributed by atoms with van der Waals surface area (Å²) in [5.41, 5.74) is 3.55. The van der Waals surface area contributed by atoms with Gasteiger partial charge >= 0.3 is 0 Å². The average Bonchev–Trinajstić information content (AvgIpc) is 2.68. The summed E-state index contributed by atoms with van der Waals surface area (Å²) in [5.74, 6) is 1.92. The maximum Gasteiger partial charge on any atom is 0.105 e. The molecule has 0 aliphatic carbocycles. The summed E-state index contributed by atoms with van der Waals surface area (Å²) in [4.78, 5) is 0. The number of hydrogen-bond acceptors (Lipinski definition) is 2. The van der Waals surface area contributed by atoms with Gasteiger partial charge < -0.3 is 9.73 Å². The molecule has 2 aromatic rings. The number of halogens is 1. The summed E-state index contributed by atoms with van der Waals surface area (Å²) >= 11 is 6.31. The number of rotatable bonds is 4. The Kier molecular flexibility index (Phi) is 4.33. The summed E-state index contributed by atoms with van der Waals surface area (Å²) in [6.07, 6.45) is 0.857. The van der Waals surface area contributed by atoms with Crippen LogP contribution in [0.15, 0.2) is 28.7 Å². The maximum absolute atomic E-state index is 6.31. The minimum atomic E-state index is 0.220. The quantitative estimate of drug-likeness (QED) is 0.898. The Morgan fingerprint density at radius 1 is 1.21 bits per heavy atom. The molecule has 0 bridgehead atoms. The molecule has 0 amide bonds. The molecule has 2 rings (SSSR count). The lowest BCUT2D eigenvalue weighted by Crippen LogP contribution is -2.19. The lowest BCUT2D eigenvalue weighted by molar-refractivity contribution is 0.490. The second kappa shape index (κ2) is 5.81. The number of aryl methyl sites for hydroxylation is 3. The van der Waals surface area contributed by atoms with Crippen LogP contribution >= 0.6 is 11.6 Å². The lowest BCUT2D eigenvalue weighted by atomic mass is 9.98. The third-order valence-electron chi connectivity index (χ3n) is 3.44. The van der Waals surface area contributed by atoms with E-state index >= 15 is 0 Å². The molecule has 1 heterocycles. The van der Waals surface area contributed by atoms with Crippen molar-refractivity contribution in [1.29, 1.82) is 0 Å².